The molecule has 0 saturated carbocycles. The Hall–Kier alpha value is -0.960. The Labute approximate surface area is 135 Å². The number of carbonyl (C=O) groups excluding carboxylic acids is 1. The van der Waals surface area contributed by atoms with Gasteiger partial charge in [0.1, 0.15) is 4.21 Å². The predicted octanol–water partition coefficient (Wildman–Crippen LogP) is 0.507. The number of nitrogens with zero attached hydrogens (tertiary/aromatic N) is 2. The van der Waals surface area contributed by atoms with Crippen LogP contribution in [0, 0.1) is 0 Å². The lowest BCUT2D eigenvalue weighted by molar-refractivity contribution is -0.130. The number of piperazine rings is 1. The van der Waals surface area contributed by atoms with Crippen LogP contribution in [0.1, 0.15) is 17.7 Å². The van der Waals surface area contributed by atoms with Crippen molar-refractivity contribution in [2.75, 3.05) is 39.3 Å². The highest BCUT2D eigenvalue weighted by atomic mass is 32.2. The maximum atomic E-state index is 12.5. The largest absolute Gasteiger partial charge is 0.340 e. The van der Waals surface area contributed by atoms with Gasteiger partial charge < -0.3 is 10.2 Å². The molecule has 0 aliphatic carbocycles. The van der Waals surface area contributed by atoms with Crippen LogP contribution >= 0.6 is 11.3 Å². The Morgan fingerprint density at radius 3 is 2.50 bits per heavy atom. The second kappa shape index (κ2) is 6.66. The zero-order chi connectivity index (χ0) is 15.6. The zero-order valence-corrected chi connectivity index (χ0v) is 14.1. The van der Waals surface area contributed by atoms with Crippen molar-refractivity contribution in [1.82, 2.24) is 14.5 Å². The van der Waals surface area contributed by atoms with Crippen molar-refractivity contribution in [3.63, 3.8) is 0 Å². The number of thiophene rings is 1. The number of hydrogen-bond acceptors (Lipinski definition) is 5. The molecule has 0 spiro atoms. The summed E-state index contributed by atoms with van der Waals surface area (Å²) < 4.78 is 26.8. The molecule has 0 aromatic carbocycles. The van der Waals surface area contributed by atoms with E-state index in [9.17, 15) is 13.2 Å². The van der Waals surface area contributed by atoms with Crippen molar-refractivity contribution < 1.29 is 13.2 Å². The van der Waals surface area contributed by atoms with E-state index in [4.69, 9.17) is 0 Å². The Morgan fingerprint density at radius 2 is 1.82 bits per heavy atom. The lowest BCUT2D eigenvalue weighted by Crippen LogP contribution is -2.46. The number of rotatable bonds is 4. The third kappa shape index (κ3) is 3.34. The lowest BCUT2D eigenvalue weighted by atomic mass is 10.3. The van der Waals surface area contributed by atoms with E-state index >= 15 is 0 Å². The molecule has 0 radical (unpaired) electrons. The van der Waals surface area contributed by atoms with Gasteiger partial charge in [-0.15, -0.1) is 11.3 Å². The van der Waals surface area contributed by atoms with Gasteiger partial charge in [0.05, 0.1) is 6.42 Å². The van der Waals surface area contributed by atoms with Crippen LogP contribution in [0.3, 0.4) is 0 Å². The molecule has 1 amide bonds. The van der Waals surface area contributed by atoms with E-state index in [0.29, 0.717) is 23.7 Å². The lowest BCUT2D eigenvalue weighted by Gasteiger charge is -2.27. The maximum absolute atomic E-state index is 12.5. The molecule has 0 unspecified atom stereocenters. The summed E-state index contributed by atoms with van der Waals surface area (Å²) in [7, 11) is -3.36. The quantitative estimate of drug-likeness (QED) is 0.865. The monoisotopic (exact) mass is 343 g/mol. The minimum atomic E-state index is -3.36. The van der Waals surface area contributed by atoms with E-state index in [2.05, 4.69) is 5.32 Å². The highest BCUT2D eigenvalue weighted by Gasteiger charge is 2.28. The van der Waals surface area contributed by atoms with E-state index in [-0.39, 0.29) is 5.91 Å². The summed E-state index contributed by atoms with van der Waals surface area (Å²) in [6.45, 7) is 4.31. The van der Waals surface area contributed by atoms with E-state index in [0.717, 1.165) is 43.9 Å². The van der Waals surface area contributed by atoms with Crippen molar-refractivity contribution in [1.29, 1.82) is 0 Å². The van der Waals surface area contributed by atoms with Gasteiger partial charge in [0, 0.05) is 44.1 Å². The molecule has 0 bridgehead atoms. The third-order valence-electron chi connectivity index (χ3n) is 4.09. The molecular formula is C14H21N3O3S2. The Kier molecular flexibility index (Phi) is 4.82. The van der Waals surface area contributed by atoms with E-state index in [1.807, 2.05) is 4.90 Å². The molecule has 2 aliphatic rings. The minimum Gasteiger partial charge on any atom is -0.340 e. The first kappa shape index (κ1) is 15.9. The molecule has 8 heteroatoms. The molecule has 2 fully saturated rings. The van der Waals surface area contributed by atoms with Crippen molar-refractivity contribution in [2.45, 2.75) is 23.5 Å². The van der Waals surface area contributed by atoms with Gasteiger partial charge in [-0.1, -0.05) is 0 Å². The number of sulfonamides is 1. The average Bonchev–Trinajstić information content (AvgIpc) is 3.20. The summed E-state index contributed by atoms with van der Waals surface area (Å²) in [5, 5.41) is 3.21. The number of carbonyl (C=O) groups is 1. The van der Waals surface area contributed by atoms with Crippen LogP contribution in [0.25, 0.3) is 0 Å². The molecule has 0 atom stereocenters. The van der Waals surface area contributed by atoms with Gasteiger partial charge in [-0.2, -0.15) is 4.31 Å². The first-order chi connectivity index (χ1) is 10.6. The third-order valence-corrected chi connectivity index (χ3v) is 7.54. The van der Waals surface area contributed by atoms with Crippen molar-refractivity contribution in [3.8, 4) is 0 Å². The van der Waals surface area contributed by atoms with E-state index < -0.39 is 10.0 Å². The van der Waals surface area contributed by atoms with Gasteiger partial charge in [-0.25, -0.2) is 8.42 Å². The molecule has 3 rings (SSSR count). The van der Waals surface area contributed by atoms with Gasteiger partial charge in [0.25, 0.3) is 10.0 Å². The second-order valence-corrected chi connectivity index (χ2v) is 8.97. The summed E-state index contributed by atoms with van der Waals surface area (Å²) in [5.41, 5.74) is 0. The summed E-state index contributed by atoms with van der Waals surface area (Å²) in [4.78, 5) is 14.9. The van der Waals surface area contributed by atoms with Crippen molar-refractivity contribution in [2.24, 2.45) is 0 Å². The summed E-state index contributed by atoms with van der Waals surface area (Å²) in [5.74, 6) is 0.0773. The van der Waals surface area contributed by atoms with Crippen LogP contribution in [0.5, 0.6) is 0 Å². The van der Waals surface area contributed by atoms with Gasteiger partial charge >= 0.3 is 0 Å². The van der Waals surface area contributed by atoms with Gasteiger partial charge in [-0.3, -0.25) is 4.79 Å². The van der Waals surface area contributed by atoms with Gasteiger partial charge in [-0.05, 0) is 25.0 Å². The van der Waals surface area contributed by atoms with Crippen LogP contribution in [0.4, 0.5) is 0 Å². The van der Waals surface area contributed by atoms with Crippen LogP contribution < -0.4 is 5.32 Å². The van der Waals surface area contributed by atoms with E-state index in [1.165, 1.54) is 11.3 Å². The Bertz CT molecular complexity index is 630. The fraction of sp³-hybridized carbons (Fsp3) is 0.643. The summed E-state index contributed by atoms with van der Waals surface area (Å²) >= 11 is 1.23. The predicted molar refractivity (Wildman–Crippen MR) is 85.5 cm³/mol. The Morgan fingerprint density at radius 1 is 1.14 bits per heavy atom. The molecule has 22 heavy (non-hydrogen) atoms. The zero-order valence-electron chi connectivity index (χ0n) is 12.5. The summed E-state index contributed by atoms with van der Waals surface area (Å²) in [6, 6.07) is 3.41. The van der Waals surface area contributed by atoms with E-state index in [1.54, 1.807) is 16.4 Å². The molecule has 1 N–H and O–H groups in total. The molecule has 1 aromatic rings. The minimum absolute atomic E-state index is 0.0773. The van der Waals surface area contributed by atoms with Crippen molar-refractivity contribution in [3.05, 3.63) is 17.0 Å². The number of amides is 1. The molecule has 2 saturated heterocycles. The number of hydrogen-bond donors (Lipinski definition) is 1. The van der Waals surface area contributed by atoms with Crippen LogP contribution in [-0.4, -0.2) is 62.8 Å². The molecule has 122 valence electrons. The Balaban J connectivity index is 1.67. The second-order valence-electron chi connectivity index (χ2n) is 5.64. The first-order valence-electron chi connectivity index (χ1n) is 7.65. The SMILES string of the molecule is O=C(Cc1ccc(S(=O)(=O)N2CCCC2)s1)N1CCNCC1. The van der Waals surface area contributed by atoms with Crippen molar-refractivity contribution >= 4 is 27.3 Å². The molecule has 1 aromatic heterocycles. The van der Waals surface area contributed by atoms with Crippen LogP contribution in [0.2, 0.25) is 0 Å². The smallest absolute Gasteiger partial charge is 0.252 e. The fourth-order valence-electron chi connectivity index (χ4n) is 2.82. The van der Waals surface area contributed by atoms with Crippen LogP contribution in [-0.2, 0) is 21.2 Å². The topological polar surface area (TPSA) is 69.7 Å². The average molecular weight is 343 g/mol. The fourth-order valence-corrected chi connectivity index (χ4v) is 5.84. The highest BCUT2D eigenvalue weighted by Crippen LogP contribution is 2.27. The maximum Gasteiger partial charge on any atom is 0.252 e. The summed E-state index contributed by atoms with van der Waals surface area (Å²) in [6.07, 6.45) is 2.15. The van der Waals surface area contributed by atoms with Crippen LogP contribution in [0.15, 0.2) is 16.3 Å². The molecule has 6 nitrogen and oxygen atoms in total. The normalized spacial score (nSPS) is 20.5. The molecule has 3 heterocycles. The standard InChI is InChI=1S/C14H21N3O3S2/c18-13(16-9-5-15-6-10-16)11-12-3-4-14(21-12)22(19,20)17-7-1-2-8-17/h3-4,15H,1-2,5-11H2. The first-order valence-corrected chi connectivity index (χ1v) is 9.90. The number of nitrogens with one attached hydrogen (secondary N) is 1. The molecular weight excluding hydrogens is 322 g/mol. The van der Waals surface area contributed by atoms with Gasteiger partial charge in [0.15, 0.2) is 0 Å². The highest BCUT2D eigenvalue weighted by molar-refractivity contribution is 7.91. The van der Waals surface area contributed by atoms with Gasteiger partial charge in [0.2, 0.25) is 5.91 Å². The molecule has 2 aliphatic heterocycles.